The van der Waals surface area contributed by atoms with Crippen molar-refractivity contribution in [3.8, 4) is 0 Å². The Morgan fingerprint density at radius 2 is 1.08 bits per heavy atom. The lowest BCUT2D eigenvalue weighted by Gasteiger charge is -2.44. The van der Waals surface area contributed by atoms with Crippen molar-refractivity contribution in [3.63, 3.8) is 0 Å². The van der Waals surface area contributed by atoms with Crippen molar-refractivity contribution in [2.45, 2.75) is 153 Å². The van der Waals surface area contributed by atoms with Gasteiger partial charge in [0.25, 0.3) is 8.32 Å². The van der Waals surface area contributed by atoms with E-state index in [1.54, 1.807) is 24.3 Å². The van der Waals surface area contributed by atoms with Gasteiger partial charge >= 0.3 is 0 Å². The summed E-state index contributed by atoms with van der Waals surface area (Å²) in [5.74, 6) is 0.0849. The van der Waals surface area contributed by atoms with Gasteiger partial charge in [0.1, 0.15) is 0 Å². The average molecular weight is 797 g/mol. The van der Waals surface area contributed by atoms with Gasteiger partial charge < -0.3 is 13.3 Å². The van der Waals surface area contributed by atoms with E-state index in [2.05, 4.69) is 143 Å². The van der Waals surface area contributed by atoms with Gasteiger partial charge in [-0.15, -0.1) is 0 Å². The minimum absolute atomic E-state index is 0.00726. The van der Waals surface area contributed by atoms with E-state index in [4.69, 9.17) is 13.3 Å². The molecule has 0 aliphatic carbocycles. The molecular formula is C44H72O5SSi3. The zero-order valence-electron chi connectivity index (χ0n) is 35.2. The van der Waals surface area contributed by atoms with E-state index >= 15 is 0 Å². The van der Waals surface area contributed by atoms with E-state index in [-0.39, 0.29) is 34.0 Å². The van der Waals surface area contributed by atoms with Crippen LogP contribution in [0.5, 0.6) is 0 Å². The topological polar surface area (TPSA) is 61.8 Å². The monoisotopic (exact) mass is 796 g/mol. The van der Waals surface area contributed by atoms with Crippen molar-refractivity contribution in [1.82, 2.24) is 0 Å². The fraction of sp³-hybridized carbons (Fsp3) is 0.591. The van der Waals surface area contributed by atoms with Gasteiger partial charge in [-0.1, -0.05) is 148 Å². The molecule has 0 aliphatic heterocycles. The smallest absolute Gasteiger partial charge is 0.261 e. The van der Waals surface area contributed by atoms with Crippen LogP contribution in [-0.2, 0) is 23.1 Å². The lowest BCUT2D eigenvalue weighted by Crippen LogP contribution is -2.66. The van der Waals surface area contributed by atoms with Gasteiger partial charge in [-0.3, -0.25) is 0 Å². The first-order valence-electron chi connectivity index (χ1n) is 20.2. The maximum Gasteiger partial charge on any atom is 0.261 e. The Morgan fingerprint density at radius 3 is 1.51 bits per heavy atom. The highest BCUT2D eigenvalue weighted by Crippen LogP contribution is 2.41. The molecule has 3 atom stereocenters. The van der Waals surface area contributed by atoms with Crippen LogP contribution in [0.2, 0.25) is 41.3 Å². The van der Waals surface area contributed by atoms with Crippen LogP contribution in [0.4, 0.5) is 0 Å². The molecule has 0 spiro atoms. The lowest BCUT2D eigenvalue weighted by atomic mass is 9.93. The highest BCUT2D eigenvalue weighted by molar-refractivity contribution is 7.91. The standard InChI is InChI=1S/C44H72O5SSi3/c1-13-52(14-2,15-3)49-41(37(4)42(48-51(11,12)43(5,6)7)34-36-50(45,46)38-27-19-16-20-28-38)33-25-26-35-47-53(44(8,9)10,39-29-21-17-22-30-39)40-31-23-18-24-32-40/h16-24,27-32,37,41-42H,13-15,25-26,33-36H2,1-12H3/t37-,41+,42-/m0/s1. The molecule has 0 aromatic heterocycles. The Balaban J connectivity index is 1.91. The number of hydrogen-bond donors (Lipinski definition) is 0. The van der Waals surface area contributed by atoms with Crippen LogP contribution in [0.3, 0.4) is 0 Å². The summed E-state index contributed by atoms with van der Waals surface area (Å²) in [7, 11) is -10.3. The summed E-state index contributed by atoms with van der Waals surface area (Å²) in [5, 5.41) is 2.52. The molecule has 0 amide bonds. The Hall–Kier alpha value is -1.86. The summed E-state index contributed by atoms with van der Waals surface area (Å²) in [6, 6.07) is 33.8. The maximum absolute atomic E-state index is 13.6. The van der Waals surface area contributed by atoms with Crippen LogP contribution < -0.4 is 10.4 Å². The highest BCUT2D eigenvalue weighted by Gasteiger charge is 2.50. The van der Waals surface area contributed by atoms with Gasteiger partial charge in [-0.05, 0) is 89.5 Å². The second-order valence-electron chi connectivity index (χ2n) is 17.6. The van der Waals surface area contributed by atoms with Crippen molar-refractivity contribution in [1.29, 1.82) is 0 Å². The summed E-state index contributed by atoms with van der Waals surface area (Å²) < 4.78 is 49.0. The van der Waals surface area contributed by atoms with Crippen molar-refractivity contribution in [2.75, 3.05) is 12.4 Å². The van der Waals surface area contributed by atoms with Crippen LogP contribution in [0.25, 0.3) is 0 Å². The molecule has 0 saturated heterocycles. The third kappa shape index (κ3) is 11.6. The Bertz CT molecular complexity index is 1550. The number of unbranched alkanes of at least 4 members (excludes halogenated alkanes) is 1. The van der Waals surface area contributed by atoms with E-state index in [9.17, 15) is 8.42 Å². The molecule has 0 radical (unpaired) electrons. The number of benzene rings is 3. The molecule has 0 aliphatic rings. The van der Waals surface area contributed by atoms with Crippen molar-refractivity contribution < 1.29 is 21.7 Å². The average Bonchev–Trinajstić information content (AvgIpc) is 3.13. The minimum atomic E-state index is -3.46. The fourth-order valence-electron chi connectivity index (χ4n) is 7.43. The predicted octanol–water partition coefficient (Wildman–Crippen LogP) is 11.0. The van der Waals surface area contributed by atoms with E-state index in [0.717, 1.165) is 37.4 Å². The summed E-state index contributed by atoms with van der Waals surface area (Å²) >= 11 is 0. The molecule has 5 nitrogen and oxygen atoms in total. The third-order valence-electron chi connectivity index (χ3n) is 12.2. The highest BCUT2D eigenvalue weighted by atomic mass is 32.2. The number of rotatable bonds is 21. The van der Waals surface area contributed by atoms with Crippen LogP contribution in [0, 0.1) is 5.92 Å². The van der Waals surface area contributed by atoms with Gasteiger partial charge in [0.15, 0.2) is 26.5 Å². The molecule has 0 heterocycles. The van der Waals surface area contributed by atoms with Gasteiger partial charge in [0.2, 0.25) is 0 Å². The van der Waals surface area contributed by atoms with Crippen molar-refractivity contribution in [3.05, 3.63) is 91.0 Å². The van der Waals surface area contributed by atoms with Crippen LogP contribution in [0.15, 0.2) is 95.9 Å². The SMILES string of the molecule is CC[Si](CC)(CC)O[C@H](CCCCO[Si](c1ccccc1)(c1ccccc1)C(C)(C)C)[C@H](C)[C@H](CCS(=O)(=O)c1ccccc1)O[Si](C)(C)C(C)(C)C. The Labute approximate surface area is 328 Å². The van der Waals surface area contributed by atoms with Crippen molar-refractivity contribution >= 4 is 45.2 Å². The summed E-state index contributed by atoms with van der Waals surface area (Å²) in [5.41, 5.74) is 0. The van der Waals surface area contributed by atoms with E-state index < -0.39 is 34.8 Å². The van der Waals surface area contributed by atoms with E-state index in [0.29, 0.717) is 17.9 Å². The Kier molecular flexibility index (Phi) is 16.6. The molecule has 0 unspecified atom stereocenters. The molecule has 53 heavy (non-hydrogen) atoms. The van der Waals surface area contributed by atoms with Gasteiger partial charge in [-0.25, -0.2) is 8.42 Å². The zero-order chi connectivity index (χ0) is 39.6. The summed E-state index contributed by atoms with van der Waals surface area (Å²) in [6.45, 7) is 28.1. The van der Waals surface area contributed by atoms with E-state index in [1.165, 1.54) is 10.4 Å². The minimum Gasteiger partial charge on any atom is -0.414 e. The van der Waals surface area contributed by atoms with Crippen LogP contribution >= 0.6 is 0 Å². The molecule has 0 bridgehead atoms. The largest absolute Gasteiger partial charge is 0.414 e. The molecule has 0 saturated carbocycles. The normalized spacial score (nSPS) is 15.2. The van der Waals surface area contributed by atoms with Crippen LogP contribution in [-0.4, -0.2) is 57.9 Å². The lowest BCUT2D eigenvalue weighted by molar-refractivity contribution is 0.0287. The van der Waals surface area contributed by atoms with Gasteiger partial charge in [0, 0.05) is 12.5 Å². The second kappa shape index (κ2) is 19.3. The molecule has 0 fully saturated rings. The first-order chi connectivity index (χ1) is 24.8. The first-order valence-corrected chi connectivity index (χ1v) is 29.2. The third-order valence-corrected chi connectivity index (χ3v) is 28.1. The number of sulfone groups is 1. The van der Waals surface area contributed by atoms with E-state index in [1.807, 2.05) is 6.07 Å². The first kappa shape index (κ1) is 45.5. The van der Waals surface area contributed by atoms with Gasteiger partial charge in [0.05, 0.1) is 22.9 Å². The predicted molar refractivity (Wildman–Crippen MR) is 234 cm³/mol. The van der Waals surface area contributed by atoms with Crippen LogP contribution in [0.1, 0.15) is 94.9 Å². The molecule has 296 valence electrons. The molecule has 3 rings (SSSR count). The molecule has 0 N–H and O–H groups in total. The van der Waals surface area contributed by atoms with Crippen molar-refractivity contribution in [2.24, 2.45) is 5.92 Å². The summed E-state index contributed by atoms with van der Waals surface area (Å²) in [4.78, 5) is 0.377. The summed E-state index contributed by atoms with van der Waals surface area (Å²) in [6.07, 6.45) is 2.97. The molecule has 3 aromatic carbocycles. The molecular weight excluding hydrogens is 725 g/mol. The quantitative estimate of drug-likeness (QED) is 0.0794. The number of hydrogen-bond acceptors (Lipinski definition) is 5. The second-order valence-corrected chi connectivity index (χ2v) is 33.5. The van der Waals surface area contributed by atoms with Gasteiger partial charge in [-0.2, -0.15) is 0 Å². The zero-order valence-corrected chi connectivity index (χ0v) is 39.0. The molecule has 9 heteroatoms. The maximum atomic E-state index is 13.6. The fourth-order valence-corrected chi connectivity index (χ4v) is 17.8. The Morgan fingerprint density at radius 1 is 0.623 bits per heavy atom. The molecule has 3 aromatic rings.